The van der Waals surface area contributed by atoms with Gasteiger partial charge in [-0.3, -0.25) is 9.69 Å². The van der Waals surface area contributed by atoms with Crippen LogP contribution in [0.3, 0.4) is 0 Å². The van der Waals surface area contributed by atoms with E-state index in [2.05, 4.69) is 55.3 Å². The Morgan fingerprint density at radius 2 is 1.81 bits per heavy atom. The molecule has 0 saturated carbocycles. The number of aromatic amines is 1. The van der Waals surface area contributed by atoms with E-state index in [1.54, 1.807) is 6.20 Å². The highest BCUT2D eigenvalue weighted by atomic mass is 16.2. The van der Waals surface area contributed by atoms with Gasteiger partial charge in [-0.25, -0.2) is 9.97 Å². The van der Waals surface area contributed by atoms with E-state index in [9.17, 15) is 4.79 Å². The van der Waals surface area contributed by atoms with Gasteiger partial charge in [0, 0.05) is 57.0 Å². The van der Waals surface area contributed by atoms with Crippen LogP contribution in [0.2, 0.25) is 0 Å². The highest BCUT2D eigenvalue weighted by Crippen LogP contribution is 2.25. The lowest BCUT2D eigenvalue weighted by atomic mass is 10.1. The monoisotopic (exact) mass is 491 g/mol. The summed E-state index contributed by atoms with van der Waals surface area (Å²) in [6, 6.07) is 6.33. The summed E-state index contributed by atoms with van der Waals surface area (Å²) >= 11 is 0. The summed E-state index contributed by atoms with van der Waals surface area (Å²) in [4.78, 5) is 32.0. The molecule has 0 radical (unpaired) electrons. The molecule has 0 aliphatic carbocycles. The van der Waals surface area contributed by atoms with Crippen molar-refractivity contribution >= 4 is 5.91 Å². The van der Waals surface area contributed by atoms with Gasteiger partial charge in [-0.15, -0.1) is 0 Å². The van der Waals surface area contributed by atoms with Crippen LogP contribution in [-0.4, -0.2) is 66.3 Å². The van der Waals surface area contributed by atoms with Crippen LogP contribution in [0.4, 0.5) is 0 Å². The zero-order valence-electron chi connectivity index (χ0n) is 22.1. The van der Waals surface area contributed by atoms with E-state index >= 15 is 0 Å². The molecule has 3 aromatic rings. The Balaban J connectivity index is 1.35. The van der Waals surface area contributed by atoms with E-state index in [1.807, 2.05) is 36.6 Å². The number of benzene rings is 1. The first kappa shape index (κ1) is 26.1. The van der Waals surface area contributed by atoms with Crippen LogP contribution in [-0.2, 0) is 33.2 Å². The van der Waals surface area contributed by atoms with Gasteiger partial charge in [0.2, 0.25) is 0 Å². The van der Waals surface area contributed by atoms with Gasteiger partial charge >= 0.3 is 0 Å². The van der Waals surface area contributed by atoms with Crippen molar-refractivity contribution in [3.8, 4) is 0 Å². The summed E-state index contributed by atoms with van der Waals surface area (Å²) in [6.07, 6.45) is 12.0. The Morgan fingerprint density at radius 1 is 0.972 bits per heavy atom. The maximum atomic E-state index is 13.0. The predicted molar refractivity (Wildman–Crippen MR) is 142 cm³/mol. The minimum absolute atomic E-state index is 0.177. The smallest absolute Gasteiger partial charge is 0.254 e. The first-order valence-corrected chi connectivity index (χ1v) is 13.4. The SMILES string of the molecule is CCCN(CCC)CCCCN1Cc2cc(CN(Cc3ncc[nH]3)Cc3nccn3C)ccc2C1=O. The minimum Gasteiger partial charge on any atom is -0.348 e. The number of H-pyrrole nitrogens is 1. The fourth-order valence-electron chi connectivity index (χ4n) is 5.09. The molecule has 1 amide bonds. The molecular formula is C28H41N7O. The third kappa shape index (κ3) is 6.83. The van der Waals surface area contributed by atoms with Gasteiger partial charge in [0.25, 0.3) is 5.91 Å². The molecule has 36 heavy (non-hydrogen) atoms. The van der Waals surface area contributed by atoms with Gasteiger partial charge < -0.3 is 19.4 Å². The van der Waals surface area contributed by atoms with E-state index in [0.717, 1.165) is 61.8 Å². The molecule has 1 aromatic carbocycles. The van der Waals surface area contributed by atoms with Gasteiger partial charge in [0.15, 0.2) is 0 Å². The summed E-state index contributed by atoms with van der Waals surface area (Å²) in [5.74, 6) is 2.12. The molecule has 8 nitrogen and oxygen atoms in total. The number of imidazole rings is 2. The fourth-order valence-corrected chi connectivity index (χ4v) is 5.09. The Kier molecular flexibility index (Phi) is 9.30. The Morgan fingerprint density at radius 3 is 2.50 bits per heavy atom. The number of carbonyl (C=O) groups is 1. The second kappa shape index (κ2) is 12.8. The van der Waals surface area contributed by atoms with Gasteiger partial charge in [-0.05, 0) is 62.5 Å². The molecule has 3 heterocycles. The predicted octanol–water partition coefficient (Wildman–Crippen LogP) is 4.20. The normalized spacial score (nSPS) is 13.4. The van der Waals surface area contributed by atoms with Crippen molar-refractivity contribution in [1.29, 1.82) is 0 Å². The number of fused-ring (bicyclic) bond motifs is 1. The van der Waals surface area contributed by atoms with E-state index in [4.69, 9.17) is 0 Å². The van der Waals surface area contributed by atoms with E-state index in [0.29, 0.717) is 13.1 Å². The highest BCUT2D eigenvalue weighted by molar-refractivity contribution is 5.98. The van der Waals surface area contributed by atoms with Crippen LogP contribution in [0.25, 0.3) is 0 Å². The Labute approximate surface area is 215 Å². The molecule has 1 N–H and O–H groups in total. The number of aryl methyl sites for hydroxylation is 1. The number of rotatable bonds is 15. The second-order valence-electron chi connectivity index (χ2n) is 9.90. The third-order valence-corrected chi connectivity index (χ3v) is 6.90. The van der Waals surface area contributed by atoms with Crippen LogP contribution < -0.4 is 0 Å². The lowest BCUT2D eigenvalue weighted by Crippen LogP contribution is -2.28. The number of carbonyl (C=O) groups excluding carboxylic acids is 1. The van der Waals surface area contributed by atoms with Crippen molar-refractivity contribution < 1.29 is 4.79 Å². The van der Waals surface area contributed by atoms with Gasteiger partial charge in [-0.1, -0.05) is 26.0 Å². The second-order valence-corrected chi connectivity index (χ2v) is 9.90. The van der Waals surface area contributed by atoms with Crippen LogP contribution >= 0.6 is 0 Å². The standard InChI is InChI=1S/C28H41N7O/c1-4-13-33(14-5-2)15-6-7-16-35-20-24-18-23(8-9-25(24)28(35)36)19-34(21-26-29-10-11-30-26)22-27-31-12-17-32(27)3/h8-12,17-18H,4-7,13-16,19-22H2,1-3H3,(H,29,30). The first-order valence-electron chi connectivity index (χ1n) is 13.4. The molecule has 194 valence electrons. The molecule has 0 spiro atoms. The van der Waals surface area contributed by atoms with E-state index in [-0.39, 0.29) is 5.91 Å². The van der Waals surface area contributed by atoms with Crippen molar-refractivity contribution in [2.24, 2.45) is 7.05 Å². The molecule has 4 rings (SSSR count). The zero-order valence-corrected chi connectivity index (χ0v) is 22.1. The summed E-state index contributed by atoms with van der Waals surface area (Å²) in [5.41, 5.74) is 3.21. The molecule has 1 aliphatic heterocycles. The summed E-state index contributed by atoms with van der Waals surface area (Å²) in [6.45, 7) is 11.7. The molecule has 0 bridgehead atoms. The number of hydrogen-bond acceptors (Lipinski definition) is 5. The minimum atomic E-state index is 0.177. The average Bonchev–Trinajstić information content (AvgIpc) is 3.59. The number of nitrogens with one attached hydrogen (secondary N) is 1. The van der Waals surface area contributed by atoms with Crippen LogP contribution in [0.1, 0.15) is 72.7 Å². The molecule has 8 heteroatoms. The largest absolute Gasteiger partial charge is 0.348 e. The maximum absolute atomic E-state index is 13.0. The molecule has 0 unspecified atom stereocenters. The van der Waals surface area contributed by atoms with Crippen LogP contribution in [0.15, 0.2) is 43.0 Å². The van der Waals surface area contributed by atoms with Crippen LogP contribution in [0.5, 0.6) is 0 Å². The fraction of sp³-hybridized carbons (Fsp3) is 0.536. The summed E-state index contributed by atoms with van der Waals surface area (Å²) in [5, 5.41) is 0. The van der Waals surface area contributed by atoms with Crippen molar-refractivity contribution in [2.75, 3.05) is 26.2 Å². The van der Waals surface area contributed by atoms with E-state index in [1.165, 1.54) is 31.5 Å². The number of amides is 1. The maximum Gasteiger partial charge on any atom is 0.254 e. The molecule has 0 atom stereocenters. The lowest BCUT2D eigenvalue weighted by molar-refractivity contribution is 0.0774. The lowest BCUT2D eigenvalue weighted by Gasteiger charge is -2.22. The average molecular weight is 492 g/mol. The van der Waals surface area contributed by atoms with Gasteiger partial charge in [0.1, 0.15) is 11.6 Å². The molecule has 2 aromatic heterocycles. The topological polar surface area (TPSA) is 73.3 Å². The molecule has 0 saturated heterocycles. The van der Waals surface area contributed by atoms with Gasteiger partial charge in [-0.2, -0.15) is 0 Å². The van der Waals surface area contributed by atoms with Crippen molar-refractivity contribution in [2.45, 2.75) is 65.7 Å². The van der Waals surface area contributed by atoms with Crippen molar-refractivity contribution in [3.63, 3.8) is 0 Å². The quantitative estimate of drug-likeness (QED) is 0.323. The number of unbranched alkanes of at least 4 members (excludes halogenated alkanes) is 1. The Bertz CT molecular complexity index is 1090. The molecule has 1 aliphatic rings. The van der Waals surface area contributed by atoms with Crippen molar-refractivity contribution in [1.82, 2.24) is 34.2 Å². The van der Waals surface area contributed by atoms with Crippen LogP contribution in [0, 0.1) is 0 Å². The van der Waals surface area contributed by atoms with Gasteiger partial charge in [0.05, 0.1) is 13.1 Å². The number of nitrogens with zero attached hydrogens (tertiary/aromatic N) is 6. The molecular weight excluding hydrogens is 450 g/mol. The van der Waals surface area contributed by atoms with E-state index < -0.39 is 0 Å². The number of aromatic nitrogens is 4. The Hall–Kier alpha value is -2.97. The molecule has 0 fully saturated rings. The zero-order chi connectivity index (χ0) is 25.3. The summed E-state index contributed by atoms with van der Waals surface area (Å²) in [7, 11) is 2.02. The van der Waals surface area contributed by atoms with Crippen molar-refractivity contribution in [3.05, 3.63) is 71.3 Å². The highest BCUT2D eigenvalue weighted by Gasteiger charge is 2.27. The third-order valence-electron chi connectivity index (χ3n) is 6.90. The summed E-state index contributed by atoms with van der Waals surface area (Å²) < 4.78 is 2.05. The first-order chi connectivity index (χ1) is 17.6. The number of hydrogen-bond donors (Lipinski definition) is 1.